The topological polar surface area (TPSA) is 92.5 Å². The van der Waals surface area contributed by atoms with E-state index in [-0.39, 0.29) is 16.8 Å². The summed E-state index contributed by atoms with van der Waals surface area (Å²) >= 11 is 0. The summed E-state index contributed by atoms with van der Waals surface area (Å²) < 4.78 is 27.1. The van der Waals surface area contributed by atoms with Crippen LogP contribution in [0.25, 0.3) is 0 Å². The molecule has 1 aliphatic carbocycles. The van der Waals surface area contributed by atoms with Crippen molar-refractivity contribution >= 4 is 15.9 Å². The Morgan fingerprint density at radius 1 is 1.32 bits per heavy atom. The third-order valence-corrected chi connectivity index (χ3v) is 5.72. The van der Waals surface area contributed by atoms with Gasteiger partial charge in [-0.05, 0) is 49.9 Å². The SMILES string of the molecule is NCC1CCN(C(=O)c2cccc(S(=O)(=O)NC3CC3)c2)C1. The van der Waals surface area contributed by atoms with Crippen molar-refractivity contribution in [2.24, 2.45) is 11.7 Å². The minimum absolute atomic E-state index is 0.0493. The van der Waals surface area contributed by atoms with Gasteiger partial charge in [-0.1, -0.05) is 6.07 Å². The van der Waals surface area contributed by atoms with Gasteiger partial charge in [0.05, 0.1) is 4.90 Å². The van der Waals surface area contributed by atoms with Crippen LogP contribution in [-0.4, -0.2) is 44.9 Å². The Morgan fingerprint density at radius 3 is 2.73 bits per heavy atom. The maximum Gasteiger partial charge on any atom is 0.253 e. The summed E-state index contributed by atoms with van der Waals surface area (Å²) in [5.41, 5.74) is 6.06. The molecule has 120 valence electrons. The highest BCUT2D eigenvalue weighted by Gasteiger charge is 2.29. The second-order valence-electron chi connectivity index (χ2n) is 6.06. The van der Waals surface area contributed by atoms with Gasteiger partial charge in [-0.25, -0.2) is 13.1 Å². The number of likely N-dealkylation sites (tertiary alicyclic amines) is 1. The van der Waals surface area contributed by atoms with Gasteiger partial charge in [0, 0.05) is 24.7 Å². The van der Waals surface area contributed by atoms with Crippen LogP contribution in [0.1, 0.15) is 29.6 Å². The zero-order valence-corrected chi connectivity index (χ0v) is 13.2. The highest BCUT2D eigenvalue weighted by molar-refractivity contribution is 7.89. The lowest BCUT2D eigenvalue weighted by molar-refractivity contribution is 0.0787. The Bertz CT molecular complexity index is 670. The average Bonchev–Trinajstić information content (AvgIpc) is 3.18. The van der Waals surface area contributed by atoms with E-state index in [9.17, 15) is 13.2 Å². The lowest BCUT2D eigenvalue weighted by atomic mass is 10.1. The van der Waals surface area contributed by atoms with Crippen LogP contribution in [0.5, 0.6) is 0 Å². The summed E-state index contributed by atoms with van der Waals surface area (Å²) in [6.07, 6.45) is 2.67. The van der Waals surface area contributed by atoms with Gasteiger partial charge in [-0.2, -0.15) is 0 Å². The molecule has 2 fully saturated rings. The number of sulfonamides is 1. The zero-order valence-electron chi connectivity index (χ0n) is 12.4. The Labute approximate surface area is 130 Å². The van der Waals surface area contributed by atoms with Gasteiger partial charge < -0.3 is 10.6 Å². The van der Waals surface area contributed by atoms with Crippen molar-refractivity contribution in [2.75, 3.05) is 19.6 Å². The summed E-state index contributed by atoms with van der Waals surface area (Å²) in [5, 5.41) is 0. The molecule has 3 N–H and O–H groups in total. The highest BCUT2D eigenvalue weighted by atomic mass is 32.2. The fraction of sp³-hybridized carbons (Fsp3) is 0.533. The predicted octanol–water partition coefficient (Wildman–Crippen LogP) is 0.548. The van der Waals surface area contributed by atoms with E-state index in [1.165, 1.54) is 12.1 Å². The molecular weight excluding hydrogens is 302 g/mol. The van der Waals surface area contributed by atoms with Crippen molar-refractivity contribution in [2.45, 2.75) is 30.2 Å². The lowest BCUT2D eigenvalue weighted by Crippen LogP contribution is -2.30. The number of carbonyl (C=O) groups excluding carboxylic acids is 1. The van der Waals surface area contributed by atoms with Gasteiger partial charge in [0.15, 0.2) is 0 Å². The van der Waals surface area contributed by atoms with Gasteiger partial charge in [0.1, 0.15) is 0 Å². The molecular formula is C15H21N3O3S. The Balaban J connectivity index is 1.77. The molecule has 1 aromatic rings. The molecule has 1 aromatic carbocycles. The number of nitrogens with one attached hydrogen (secondary N) is 1. The molecule has 1 aliphatic heterocycles. The molecule has 3 rings (SSSR count). The first-order valence-electron chi connectivity index (χ1n) is 7.61. The molecule has 2 aliphatic rings. The molecule has 22 heavy (non-hydrogen) atoms. The Kier molecular flexibility index (Phi) is 4.20. The summed E-state index contributed by atoms with van der Waals surface area (Å²) in [7, 11) is -3.53. The average molecular weight is 323 g/mol. The van der Waals surface area contributed by atoms with Gasteiger partial charge in [-0.3, -0.25) is 4.79 Å². The van der Waals surface area contributed by atoms with Crippen LogP contribution in [0, 0.1) is 5.92 Å². The first-order chi connectivity index (χ1) is 10.5. The van der Waals surface area contributed by atoms with Crippen LogP contribution in [0.4, 0.5) is 0 Å². The highest BCUT2D eigenvalue weighted by Crippen LogP contribution is 2.23. The molecule has 0 bridgehead atoms. The summed E-state index contributed by atoms with van der Waals surface area (Å²) in [5.74, 6) is 0.215. The summed E-state index contributed by atoms with van der Waals surface area (Å²) in [6, 6.07) is 6.31. The van der Waals surface area contributed by atoms with E-state index in [2.05, 4.69) is 4.72 Å². The largest absolute Gasteiger partial charge is 0.338 e. The van der Waals surface area contributed by atoms with Crippen molar-refractivity contribution in [1.29, 1.82) is 0 Å². The number of hydrogen-bond donors (Lipinski definition) is 2. The quantitative estimate of drug-likeness (QED) is 0.827. The zero-order chi connectivity index (χ0) is 15.7. The van der Waals surface area contributed by atoms with Gasteiger partial charge in [-0.15, -0.1) is 0 Å². The van der Waals surface area contributed by atoms with Crippen molar-refractivity contribution in [3.8, 4) is 0 Å². The number of carbonyl (C=O) groups is 1. The summed E-state index contributed by atoms with van der Waals surface area (Å²) in [6.45, 7) is 1.90. The number of nitrogens with zero attached hydrogens (tertiary/aromatic N) is 1. The molecule has 7 heteroatoms. The van der Waals surface area contributed by atoms with Crippen LogP contribution >= 0.6 is 0 Å². The molecule has 6 nitrogen and oxygen atoms in total. The van der Waals surface area contributed by atoms with Crippen LogP contribution in [0.15, 0.2) is 29.2 Å². The minimum Gasteiger partial charge on any atom is -0.338 e. The summed E-state index contributed by atoms with van der Waals surface area (Å²) in [4.78, 5) is 14.4. The standard InChI is InChI=1S/C15H21N3O3S/c16-9-11-6-7-18(10-11)15(19)12-2-1-3-14(8-12)22(20,21)17-13-4-5-13/h1-3,8,11,13,17H,4-7,9-10,16H2. The van der Waals surface area contributed by atoms with Crippen molar-refractivity contribution in [1.82, 2.24) is 9.62 Å². The van der Waals surface area contributed by atoms with E-state index < -0.39 is 10.0 Å². The third-order valence-electron chi connectivity index (χ3n) is 4.20. The molecule has 1 saturated carbocycles. The Morgan fingerprint density at radius 2 is 2.09 bits per heavy atom. The minimum atomic E-state index is -3.53. The molecule has 1 heterocycles. The van der Waals surface area contributed by atoms with Crippen LogP contribution in [0.2, 0.25) is 0 Å². The second-order valence-corrected chi connectivity index (χ2v) is 7.78. The predicted molar refractivity (Wildman–Crippen MR) is 82.9 cm³/mol. The van der Waals surface area contributed by atoms with Gasteiger partial charge in [0.25, 0.3) is 5.91 Å². The van der Waals surface area contributed by atoms with E-state index in [4.69, 9.17) is 5.73 Å². The normalized spacial score (nSPS) is 22.0. The fourth-order valence-electron chi connectivity index (χ4n) is 2.68. The molecule has 0 spiro atoms. The second kappa shape index (κ2) is 5.98. The molecule has 1 saturated heterocycles. The van der Waals surface area contributed by atoms with E-state index in [0.717, 1.165) is 19.3 Å². The number of benzene rings is 1. The maximum absolute atomic E-state index is 12.5. The molecule has 0 radical (unpaired) electrons. The number of nitrogens with two attached hydrogens (primary N) is 1. The van der Waals surface area contributed by atoms with E-state index >= 15 is 0 Å². The van der Waals surface area contributed by atoms with Crippen LogP contribution in [-0.2, 0) is 10.0 Å². The van der Waals surface area contributed by atoms with E-state index in [0.29, 0.717) is 31.1 Å². The first kappa shape index (κ1) is 15.5. The van der Waals surface area contributed by atoms with Crippen molar-refractivity contribution < 1.29 is 13.2 Å². The number of rotatable bonds is 5. The van der Waals surface area contributed by atoms with E-state index in [1.54, 1.807) is 17.0 Å². The fourth-order valence-corrected chi connectivity index (χ4v) is 4.03. The number of amides is 1. The third kappa shape index (κ3) is 3.31. The first-order valence-corrected chi connectivity index (χ1v) is 9.09. The van der Waals surface area contributed by atoms with Gasteiger partial charge >= 0.3 is 0 Å². The van der Waals surface area contributed by atoms with E-state index in [1.807, 2.05) is 0 Å². The van der Waals surface area contributed by atoms with Gasteiger partial charge in [0.2, 0.25) is 10.0 Å². The van der Waals surface area contributed by atoms with Crippen LogP contribution in [0.3, 0.4) is 0 Å². The maximum atomic E-state index is 12.5. The smallest absolute Gasteiger partial charge is 0.253 e. The Hall–Kier alpha value is -1.44. The van der Waals surface area contributed by atoms with Crippen molar-refractivity contribution in [3.63, 3.8) is 0 Å². The molecule has 1 unspecified atom stereocenters. The molecule has 0 aromatic heterocycles. The van der Waals surface area contributed by atoms with Crippen molar-refractivity contribution in [3.05, 3.63) is 29.8 Å². The monoisotopic (exact) mass is 323 g/mol. The lowest BCUT2D eigenvalue weighted by Gasteiger charge is -2.17. The molecule has 1 amide bonds. The molecule has 1 atom stereocenters. The number of hydrogen-bond acceptors (Lipinski definition) is 4. The van der Waals surface area contributed by atoms with Crippen LogP contribution < -0.4 is 10.5 Å².